The van der Waals surface area contributed by atoms with Gasteiger partial charge in [-0.3, -0.25) is 9.69 Å². The smallest absolute Gasteiger partial charge is 0.228 e. The minimum atomic E-state index is -0.183. The van der Waals surface area contributed by atoms with E-state index < -0.39 is 0 Å². The van der Waals surface area contributed by atoms with Crippen molar-refractivity contribution in [3.63, 3.8) is 0 Å². The number of amides is 1. The second-order valence-corrected chi connectivity index (χ2v) is 8.38. The van der Waals surface area contributed by atoms with Crippen LogP contribution in [-0.2, 0) is 11.3 Å². The molecular weight excluding hydrogens is 329 g/mol. The lowest BCUT2D eigenvalue weighted by Gasteiger charge is -2.39. The van der Waals surface area contributed by atoms with Gasteiger partial charge in [0.05, 0.1) is 5.41 Å². The van der Waals surface area contributed by atoms with Gasteiger partial charge in [-0.1, -0.05) is 25.0 Å². The first-order valence-corrected chi connectivity index (χ1v) is 10.1. The van der Waals surface area contributed by atoms with Gasteiger partial charge in [0.15, 0.2) is 0 Å². The van der Waals surface area contributed by atoms with Gasteiger partial charge in [0.25, 0.3) is 0 Å². The molecule has 0 bridgehead atoms. The molecule has 1 aliphatic carbocycles. The molecule has 1 aromatic rings. The molecule has 0 radical (unpaired) electrons. The lowest BCUT2D eigenvalue weighted by molar-refractivity contribution is -0.135. The maximum Gasteiger partial charge on any atom is 0.228 e. The highest BCUT2D eigenvalue weighted by Gasteiger charge is 2.50. The number of carbonyl (C=O) groups is 1. The van der Waals surface area contributed by atoms with E-state index in [4.69, 9.17) is 0 Å². The van der Waals surface area contributed by atoms with Gasteiger partial charge in [0.2, 0.25) is 5.91 Å². The van der Waals surface area contributed by atoms with Crippen molar-refractivity contribution in [2.75, 3.05) is 26.2 Å². The molecule has 3 fully saturated rings. The monoisotopic (exact) mass is 359 g/mol. The van der Waals surface area contributed by atoms with Crippen LogP contribution in [0.3, 0.4) is 0 Å². The van der Waals surface area contributed by atoms with Crippen LogP contribution in [0.25, 0.3) is 0 Å². The number of piperidine rings is 1. The van der Waals surface area contributed by atoms with E-state index in [1.807, 2.05) is 12.1 Å². The highest BCUT2D eigenvalue weighted by Crippen LogP contribution is 2.44. The number of nitrogens with zero attached hydrogens (tertiary/aromatic N) is 1. The van der Waals surface area contributed by atoms with Crippen LogP contribution >= 0.6 is 0 Å². The van der Waals surface area contributed by atoms with E-state index in [2.05, 4.69) is 15.5 Å². The number of hydrogen-bond acceptors (Lipinski definition) is 3. The third-order valence-corrected chi connectivity index (χ3v) is 6.73. The largest absolute Gasteiger partial charge is 0.353 e. The van der Waals surface area contributed by atoms with E-state index in [0.717, 1.165) is 57.5 Å². The number of rotatable bonds is 4. The quantitative estimate of drug-likeness (QED) is 0.869. The predicted molar refractivity (Wildman–Crippen MR) is 100 cm³/mol. The minimum absolute atomic E-state index is 0.149. The summed E-state index contributed by atoms with van der Waals surface area (Å²) in [5.41, 5.74) is 0.999. The molecular formula is C21H30FN3O. The fourth-order valence-electron chi connectivity index (χ4n) is 5.10. The average Bonchev–Trinajstić information content (AvgIpc) is 3.10. The number of halogens is 1. The molecule has 26 heavy (non-hydrogen) atoms. The zero-order valence-corrected chi connectivity index (χ0v) is 15.5. The van der Waals surface area contributed by atoms with Crippen molar-refractivity contribution in [1.29, 1.82) is 0 Å². The van der Waals surface area contributed by atoms with E-state index in [9.17, 15) is 9.18 Å². The summed E-state index contributed by atoms with van der Waals surface area (Å²) in [4.78, 5) is 15.5. The summed E-state index contributed by atoms with van der Waals surface area (Å²) in [6, 6.07) is 7.07. The fraction of sp³-hybridized carbons (Fsp3) is 0.667. The van der Waals surface area contributed by atoms with Crippen molar-refractivity contribution in [2.45, 2.75) is 51.1 Å². The summed E-state index contributed by atoms with van der Waals surface area (Å²) in [6.07, 6.45) is 6.68. The summed E-state index contributed by atoms with van der Waals surface area (Å²) in [5, 5.41) is 6.85. The van der Waals surface area contributed by atoms with E-state index >= 15 is 0 Å². The summed E-state index contributed by atoms with van der Waals surface area (Å²) >= 11 is 0. The molecule has 2 aliphatic heterocycles. The first-order valence-electron chi connectivity index (χ1n) is 10.1. The normalized spacial score (nSPS) is 30.1. The van der Waals surface area contributed by atoms with Crippen molar-refractivity contribution in [1.82, 2.24) is 15.5 Å². The number of benzene rings is 1. The third kappa shape index (κ3) is 3.65. The highest BCUT2D eigenvalue weighted by molar-refractivity contribution is 5.84. The first-order chi connectivity index (χ1) is 12.7. The number of carbonyl (C=O) groups excluding carboxylic acids is 1. The van der Waals surface area contributed by atoms with Gasteiger partial charge in [-0.2, -0.15) is 0 Å². The Bertz CT molecular complexity index is 627. The summed E-state index contributed by atoms with van der Waals surface area (Å²) < 4.78 is 13.0. The van der Waals surface area contributed by atoms with Crippen LogP contribution in [0, 0.1) is 17.2 Å². The second kappa shape index (κ2) is 7.65. The molecule has 2 N–H and O–H groups in total. The third-order valence-electron chi connectivity index (χ3n) is 6.73. The van der Waals surface area contributed by atoms with Crippen LogP contribution in [0.2, 0.25) is 0 Å². The molecule has 0 unspecified atom stereocenters. The van der Waals surface area contributed by atoms with Gasteiger partial charge in [0, 0.05) is 32.2 Å². The number of fused-ring (bicyclic) bond motifs is 1. The van der Waals surface area contributed by atoms with E-state index in [1.165, 1.54) is 31.4 Å². The molecule has 142 valence electrons. The van der Waals surface area contributed by atoms with Crippen molar-refractivity contribution in [2.24, 2.45) is 11.3 Å². The van der Waals surface area contributed by atoms with Crippen molar-refractivity contribution in [3.8, 4) is 0 Å². The SMILES string of the molecule is O=C(NC1CCN(Cc2ccc(F)cc2)CC1)[C@@]12CCCC[C@H]1CNC2. The summed E-state index contributed by atoms with van der Waals surface area (Å²) in [5.74, 6) is 0.635. The molecule has 1 aromatic carbocycles. The Kier molecular flexibility index (Phi) is 5.28. The van der Waals surface area contributed by atoms with Gasteiger partial charge < -0.3 is 10.6 Å². The molecule has 2 heterocycles. The molecule has 3 aliphatic rings. The van der Waals surface area contributed by atoms with Crippen LogP contribution in [0.1, 0.15) is 44.1 Å². The zero-order valence-electron chi connectivity index (χ0n) is 15.5. The van der Waals surface area contributed by atoms with Gasteiger partial charge >= 0.3 is 0 Å². The minimum Gasteiger partial charge on any atom is -0.353 e. The Labute approximate surface area is 155 Å². The summed E-state index contributed by atoms with van der Waals surface area (Å²) in [6.45, 7) is 4.68. The number of hydrogen-bond donors (Lipinski definition) is 2. The van der Waals surface area contributed by atoms with Crippen LogP contribution in [0.15, 0.2) is 24.3 Å². The summed E-state index contributed by atoms with van der Waals surface area (Å²) in [7, 11) is 0. The standard InChI is InChI=1S/C21H30FN3O/c22-18-6-4-16(5-7-18)14-25-11-8-19(9-12-25)24-20(26)21-10-2-1-3-17(21)13-23-15-21/h4-7,17,19,23H,1-3,8-15H2,(H,24,26)/t17-,21+/m0/s1. The second-order valence-electron chi connectivity index (χ2n) is 8.38. The molecule has 5 heteroatoms. The van der Waals surface area contributed by atoms with Gasteiger partial charge in [-0.25, -0.2) is 4.39 Å². The van der Waals surface area contributed by atoms with Gasteiger partial charge in [-0.05, 0) is 55.8 Å². The lowest BCUT2D eigenvalue weighted by atomic mass is 9.67. The van der Waals surface area contributed by atoms with E-state index in [0.29, 0.717) is 17.9 Å². The predicted octanol–water partition coefficient (Wildman–Crippen LogP) is 2.69. The Balaban J connectivity index is 1.28. The molecule has 0 aromatic heterocycles. The Hall–Kier alpha value is -1.46. The van der Waals surface area contributed by atoms with Crippen LogP contribution in [0.4, 0.5) is 4.39 Å². The maximum atomic E-state index is 13.1. The number of nitrogens with one attached hydrogen (secondary N) is 2. The van der Waals surface area contributed by atoms with Crippen molar-refractivity contribution >= 4 is 5.91 Å². The van der Waals surface area contributed by atoms with Crippen molar-refractivity contribution in [3.05, 3.63) is 35.6 Å². The molecule has 0 spiro atoms. The molecule has 4 nitrogen and oxygen atoms in total. The molecule has 1 amide bonds. The Morgan fingerprint density at radius 1 is 1.19 bits per heavy atom. The molecule has 2 saturated heterocycles. The average molecular weight is 359 g/mol. The zero-order chi connectivity index (χ0) is 18.0. The van der Waals surface area contributed by atoms with Gasteiger partial charge in [-0.15, -0.1) is 0 Å². The highest BCUT2D eigenvalue weighted by atomic mass is 19.1. The fourth-order valence-corrected chi connectivity index (χ4v) is 5.10. The van der Waals surface area contributed by atoms with Crippen LogP contribution in [-0.4, -0.2) is 43.0 Å². The van der Waals surface area contributed by atoms with Gasteiger partial charge in [0.1, 0.15) is 5.82 Å². The first kappa shape index (κ1) is 17.9. The topological polar surface area (TPSA) is 44.4 Å². The lowest BCUT2D eigenvalue weighted by Crippen LogP contribution is -2.53. The van der Waals surface area contributed by atoms with E-state index in [-0.39, 0.29) is 11.2 Å². The Morgan fingerprint density at radius 2 is 1.96 bits per heavy atom. The molecule has 1 saturated carbocycles. The number of likely N-dealkylation sites (tertiary alicyclic amines) is 1. The van der Waals surface area contributed by atoms with Crippen molar-refractivity contribution < 1.29 is 9.18 Å². The van der Waals surface area contributed by atoms with E-state index in [1.54, 1.807) is 0 Å². The Morgan fingerprint density at radius 3 is 2.73 bits per heavy atom. The van der Waals surface area contributed by atoms with Crippen LogP contribution in [0.5, 0.6) is 0 Å². The molecule has 2 atom stereocenters. The maximum absolute atomic E-state index is 13.1. The van der Waals surface area contributed by atoms with Crippen LogP contribution < -0.4 is 10.6 Å². The molecule has 4 rings (SSSR count).